The highest BCUT2D eigenvalue weighted by Gasteiger charge is 2.59. The van der Waals surface area contributed by atoms with Gasteiger partial charge in [-0.15, -0.1) is 6.58 Å². The molecule has 6 unspecified atom stereocenters. The largest absolute Gasteiger partial charge is 0.103 e. The van der Waals surface area contributed by atoms with E-state index >= 15 is 0 Å². The van der Waals surface area contributed by atoms with Gasteiger partial charge in [-0.1, -0.05) is 58.3 Å². The molecule has 0 heteroatoms. The van der Waals surface area contributed by atoms with Gasteiger partial charge in [-0.3, -0.25) is 0 Å². The zero-order chi connectivity index (χ0) is 18.9. The minimum absolute atomic E-state index is 0.399. The molecule has 3 rings (SSSR count). The predicted octanol–water partition coefficient (Wildman–Crippen LogP) is 8.19. The zero-order valence-electron chi connectivity index (χ0n) is 18.3. The fourth-order valence-electron chi connectivity index (χ4n) is 7.57. The van der Waals surface area contributed by atoms with Gasteiger partial charge in [0.25, 0.3) is 0 Å². The van der Waals surface area contributed by atoms with E-state index in [1.165, 1.54) is 64.2 Å². The van der Waals surface area contributed by atoms with Gasteiger partial charge in [-0.2, -0.15) is 0 Å². The van der Waals surface area contributed by atoms with Crippen molar-refractivity contribution >= 4 is 0 Å². The maximum atomic E-state index is 4.42. The molecule has 0 aromatic carbocycles. The Hall–Kier alpha value is -0.520. The van der Waals surface area contributed by atoms with Crippen molar-refractivity contribution in [2.24, 2.45) is 40.4 Å². The van der Waals surface area contributed by atoms with Crippen LogP contribution in [-0.4, -0.2) is 0 Å². The Morgan fingerprint density at radius 1 is 1.15 bits per heavy atom. The standard InChI is InChI=1S/C26H44/c1-7-10-11-24-23(22-13-12-21(8-2)16-22)14-15-26(9-3)18-20(5)19(4)17-25(24,26)6/h8-9,19-20,22-24H,3,7,10-18H2,1-2,4-6H3/b21-8-/t19-,20?,22?,23?,24?,25?,26?/m0/s1. The van der Waals surface area contributed by atoms with Gasteiger partial charge in [-0.05, 0) is 98.7 Å². The number of rotatable bonds is 5. The van der Waals surface area contributed by atoms with Gasteiger partial charge in [-0.25, -0.2) is 0 Å². The van der Waals surface area contributed by atoms with Crippen LogP contribution in [0.1, 0.15) is 98.8 Å². The SMILES string of the molecule is C=CC12CCC(C3CC/C(=C/C)C3)C(CCCC)C1(C)C[C@H](C)C(C)C2. The lowest BCUT2D eigenvalue weighted by Gasteiger charge is -2.64. The third kappa shape index (κ3) is 3.24. The highest BCUT2D eigenvalue weighted by atomic mass is 14.6. The maximum Gasteiger partial charge on any atom is -0.00616 e. The van der Waals surface area contributed by atoms with E-state index in [9.17, 15) is 0 Å². The number of fused-ring (bicyclic) bond motifs is 1. The molecule has 3 aliphatic carbocycles. The second-order valence-corrected chi connectivity index (χ2v) is 10.5. The van der Waals surface area contributed by atoms with Gasteiger partial charge in [0.1, 0.15) is 0 Å². The molecule has 0 N–H and O–H groups in total. The molecule has 0 aliphatic heterocycles. The lowest BCUT2D eigenvalue weighted by molar-refractivity contribution is -0.126. The van der Waals surface area contributed by atoms with E-state index in [1.54, 1.807) is 5.57 Å². The van der Waals surface area contributed by atoms with Crippen LogP contribution >= 0.6 is 0 Å². The summed E-state index contributed by atoms with van der Waals surface area (Å²) in [5, 5.41) is 0. The van der Waals surface area contributed by atoms with Gasteiger partial charge in [0.15, 0.2) is 0 Å². The molecule has 26 heavy (non-hydrogen) atoms. The number of hydrogen-bond donors (Lipinski definition) is 0. The molecule has 0 amide bonds. The van der Waals surface area contributed by atoms with Crippen molar-refractivity contribution in [3.05, 3.63) is 24.3 Å². The number of allylic oxidation sites excluding steroid dienone is 3. The van der Waals surface area contributed by atoms with Crippen LogP contribution in [0.3, 0.4) is 0 Å². The monoisotopic (exact) mass is 356 g/mol. The van der Waals surface area contributed by atoms with Crippen molar-refractivity contribution in [3.8, 4) is 0 Å². The number of hydrogen-bond acceptors (Lipinski definition) is 0. The second kappa shape index (κ2) is 7.84. The Labute approximate surface area is 163 Å². The van der Waals surface area contributed by atoms with Crippen LogP contribution < -0.4 is 0 Å². The van der Waals surface area contributed by atoms with E-state index in [2.05, 4.69) is 53.3 Å². The minimum atomic E-state index is 0.399. The van der Waals surface area contributed by atoms with Crippen LogP contribution in [0.25, 0.3) is 0 Å². The average molecular weight is 357 g/mol. The molecule has 7 atom stereocenters. The normalized spacial score (nSPS) is 47.7. The van der Waals surface area contributed by atoms with Gasteiger partial charge in [0.05, 0.1) is 0 Å². The molecule has 0 aromatic heterocycles. The first-order valence-corrected chi connectivity index (χ1v) is 11.7. The first-order chi connectivity index (χ1) is 12.4. The summed E-state index contributed by atoms with van der Waals surface area (Å²) in [7, 11) is 0. The highest BCUT2D eigenvalue weighted by molar-refractivity contribution is 5.17. The Bertz CT molecular complexity index is 528. The summed E-state index contributed by atoms with van der Waals surface area (Å²) in [4.78, 5) is 0. The van der Waals surface area contributed by atoms with Crippen molar-refractivity contribution < 1.29 is 0 Å². The van der Waals surface area contributed by atoms with Crippen LogP contribution in [0, 0.1) is 40.4 Å². The molecule has 0 saturated heterocycles. The smallest absolute Gasteiger partial charge is 0.00616 e. The van der Waals surface area contributed by atoms with Gasteiger partial charge in [0.2, 0.25) is 0 Å². The first kappa shape index (κ1) is 20.2. The Kier molecular flexibility index (Phi) is 6.10. The molecule has 148 valence electrons. The summed E-state index contributed by atoms with van der Waals surface area (Å²) in [5.41, 5.74) is 2.61. The quantitative estimate of drug-likeness (QED) is 0.435. The average Bonchev–Trinajstić information content (AvgIpc) is 3.10. The topological polar surface area (TPSA) is 0 Å². The second-order valence-electron chi connectivity index (χ2n) is 10.5. The third-order valence-corrected chi connectivity index (χ3v) is 9.43. The van der Waals surface area contributed by atoms with Crippen molar-refractivity contribution in [2.45, 2.75) is 98.8 Å². The summed E-state index contributed by atoms with van der Waals surface area (Å²) in [6.45, 7) is 16.8. The molecule has 0 nitrogen and oxygen atoms in total. The minimum Gasteiger partial charge on any atom is -0.103 e. The molecular weight excluding hydrogens is 312 g/mol. The molecule has 0 radical (unpaired) electrons. The fraction of sp³-hybridized carbons (Fsp3) is 0.846. The molecular formula is C26H44. The van der Waals surface area contributed by atoms with Crippen LogP contribution in [0.5, 0.6) is 0 Å². The molecule has 0 bridgehead atoms. The lowest BCUT2D eigenvalue weighted by atomic mass is 9.41. The van der Waals surface area contributed by atoms with Gasteiger partial charge in [0, 0.05) is 0 Å². The third-order valence-electron chi connectivity index (χ3n) is 9.43. The summed E-state index contributed by atoms with van der Waals surface area (Å²) in [6, 6.07) is 0. The van der Waals surface area contributed by atoms with Gasteiger partial charge < -0.3 is 0 Å². The Morgan fingerprint density at radius 2 is 1.88 bits per heavy atom. The Balaban J connectivity index is 1.93. The van der Waals surface area contributed by atoms with E-state index in [4.69, 9.17) is 0 Å². The van der Waals surface area contributed by atoms with E-state index in [1.807, 2.05) is 0 Å². The van der Waals surface area contributed by atoms with Crippen molar-refractivity contribution in [1.82, 2.24) is 0 Å². The first-order valence-electron chi connectivity index (χ1n) is 11.7. The fourth-order valence-corrected chi connectivity index (χ4v) is 7.57. The summed E-state index contributed by atoms with van der Waals surface area (Å²) >= 11 is 0. The Morgan fingerprint density at radius 3 is 2.50 bits per heavy atom. The van der Waals surface area contributed by atoms with Crippen LogP contribution in [0.15, 0.2) is 24.3 Å². The summed E-state index contributed by atoms with van der Waals surface area (Å²) in [5.74, 6) is 4.54. The van der Waals surface area contributed by atoms with Crippen LogP contribution in [0.2, 0.25) is 0 Å². The zero-order valence-corrected chi connectivity index (χ0v) is 18.3. The molecule has 3 fully saturated rings. The molecule has 0 heterocycles. The van der Waals surface area contributed by atoms with Crippen molar-refractivity contribution in [3.63, 3.8) is 0 Å². The molecule has 3 saturated carbocycles. The van der Waals surface area contributed by atoms with E-state index in [0.29, 0.717) is 10.8 Å². The molecule has 0 aromatic rings. The predicted molar refractivity (Wildman–Crippen MR) is 115 cm³/mol. The van der Waals surface area contributed by atoms with Crippen molar-refractivity contribution in [2.75, 3.05) is 0 Å². The summed E-state index contributed by atoms with van der Waals surface area (Å²) < 4.78 is 0. The van der Waals surface area contributed by atoms with Crippen molar-refractivity contribution in [1.29, 1.82) is 0 Å². The lowest BCUT2D eigenvalue weighted by Crippen LogP contribution is -2.56. The summed E-state index contributed by atoms with van der Waals surface area (Å²) in [6.07, 6.45) is 18.9. The highest BCUT2D eigenvalue weighted by Crippen LogP contribution is 2.67. The van der Waals surface area contributed by atoms with Crippen LogP contribution in [0.4, 0.5) is 0 Å². The van der Waals surface area contributed by atoms with Gasteiger partial charge >= 0.3 is 0 Å². The van der Waals surface area contributed by atoms with Crippen LogP contribution in [-0.2, 0) is 0 Å². The van der Waals surface area contributed by atoms with E-state index < -0.39 is 0 Å². The van der Waals surface area contributed by atoms with E-state index in [0.717, 1.165) is 29.6 Å². The maximum absolute atomic E-state index is 4.42. The molecule has 3 aliphatic rings. The van der Waals surface area contributed by atoms with E-state index in [-0.39, 0.29) is 0 Å². The number of unbranched alkanes of at least 4 members (excludes halogenated alkanes) is 1. The molecule has 0 spiro atoms.